The number of aromatic nitrogens is 1. The second-order valence-electron chi connectivity index (χ2n) is 5.53. The smallest absolute Gasteiger partial charge is 0.236 e. The quantitative estimate of drug-likeness (QED) is 0.890. The van der Waals surface area contributed by atoms with Crippen LogP contribution < -0.4 is 10.6 Å². The number of rotatable bonds is 5. The zero-order valence-corrected chi connectivity index (χ0v) is 13.6. The third-order valence-electron chi connectivity index (χ3n) is 3.68. The van der Waals surface area contributed by atoms with Crippen LogP contribution in [0.5, 0.6) is 0 Å². The Morgan fingerprint density at radius 3 is 2.57 bits per heavy atom. The third kappa shape index (κ3) is 3.49. The molecule has 5 heteroatoms. The van der Waals surface area contributed by atoms with Gasteiger partial charge in [0.15, 0.2) is 5.13 Å². The summed E-state index contributed by atoms with van der Waals surface area (Å²) in [6, 6.07) is 9.95. The molecule has 0 saturated carbocycles. The molecule has 1 aromatic heterocycles. The summed E-state index contributed by atoms with van der Waals surface area (Å²) in [4.78, 5) is 17.0. The first-order valence-electron chi connectivity index (χ1n) is 6.95. The zero-order valence-electron chi connectivity index (χ0n) is 12.8. The predicted octanol–water partition coefficient (Wildman–Crippen LogP) is 3.34. The number of benzene rings is 1. The number of carbonyl (C=O) groups excluding carboxylic acids is 1. The highest BCUT2D eigenvalue weighted by Gasteiger charge is 2.30. The maximum Gasteiger partial charge on any atom is 0.236 e. The Kier molecular flexibility index (Phi) is 4.75. The lowest BCUT2D eigenvalue weighted by molar-refractivity contribution is -0.120. The minimum Gasteiger partial charge on any atom is -0.312 e. The van der Waals surface area contributed by atoms with Crippen LogP contribution in [0.15, 0.2) is 35.7 Å². The molecule has 1 amide bonds. The van der Waals surface area contributed by atoms with Crippen molar-refractivity contribution in [1.29, 1.82) is 0 Å². The van der Waals surface area contributed by atoms with Crippen LogP contribution in [0.3, 0.4) is 0 Å². The number of amides is 1. The van der Waals surface area contributed by atoms with Gasteiger partial charge in [-0.15, -0.1) is 11.3 Å². The van der Waals surface area contributed by atoms with Crippen molar-refractivity contribution in [3.63, 3.8) is 0 Å². The number of hydrogen-bond donors (Lipinski definition) is 2. The molecule has 21 heavy (non-hydrogen) atoms. The summed E-state index contributed by atoms with van der Waals surface area (Å²) in [5.41, 5.74) is 1.33. The van der Waals surface area contributed by atoms with Crippen LogP contribution in [0.4, 0.5) is 5.13 Å². The molecule has 2 aromatic rings. The summed E-state index contributed by atoms with van der Waals surface area (Å²) in [5.74, 6) is -0.0493. The Hall–Kier alpha value is -1.72. The molecule has 1 unspecified atom stereocenters. The zero-order chi connectivity index (χ0) is 15.5. The molecular weight excluding hydrogens is 282 g/mol. The van der Waals surface area contributed by atoms with Gasteiger partial charge in [0.05, 0.1) is 11.1 Å². The lowest BCUT2D eigenvalue weighted by atomic mass is 9.84. The summed E-state index contributed by atoms with van der Waals surface area (Å²) in [5, 5.41) is 8.66. The topological polar surface area (TPSA) is 54.0 Å². The van der Waals surface area contributed by atoms with E-state index in [0.29, 0.717) is 5.13 Å². The van der Waals surface area contributed by atoms with Gasteiger partial charge in [0.1, 0.15) is 0 Å². The van der Waals surface area contributed by atoms with E-state index in [4.69, 9.17) is 0 Å². The van der Waals surface area contributed by atoms with Crippen molar-refractivity contribution in [1.82, 2.24) is 10.3 Å². The first kappa shape index (κ1) is 15.7. The summed E-state index contributed by atoms with van der Waals surface area (Å²) in [7, 11) is 1.89. The van der Waals surface area contributed by atoms with Gasteiger partial charge in [0.2, 0.25) is 5.91 Å². The van der Waals surface area contributed by atoms with E-state index in [-0.39, 0.29) is 11.9 Å². The maximum absolute atomic E-state index is 12.5. The monoisotopic (exact) mass is 303 g/mol. The highest BCUT2D eigenvalue weighted by atomic mass is 32.1. The van der Waals surface area contributed by atoms with Gasteiger partial charge in [-0.3, -0.25) is 4.79 Å². The van der Waals surface area contributed by atoms with Crippen molar-refractivity contribution in [2.24, 2.45) is 0 Å². The van der Waals surface area contributed by atoms with Crippen LogP contribution in [0.2, 0.25) is 0 Å². The molecule has 1 heterocycles. The van der Waals surface area contributed by atoms with Crippen LogP contribution in [-0.2, 0) is 10.2 Å². The lowest BCUT2D eigenvalue weighted by Gasteiger charge is -2.23. The minimum absolute atomic E-state index is 0.0493. The summed E-state index contributed by atoms with van der Waals surface area (Å²) in [6.07, 6.45) is 0. The van der Waals surface area contributed by atoms with Gasteiger partial charge < -0.3 is 10.6 Å². The minimum atomic E-state index is -0.596. The average Bonchev–Trinajstić information content (AvgIpc) is 2.95. The Balaban J connectivity index is 2.12. The van der Waals surface area contributed by atoms with Gasteiger partial charge in [0, 0.05) is 11.4 Å². The van der Waals surface area contributed by atoms with E-state index in [1.807, 2.05) is 63.5 Å². The van der Waals surface area contributed by atoms with Crippen molar-refractivity contribution in [3.8, 4) is 0 Å². The van der Waals surface area contributed by atoms with Crippen LogP contribution >= 0.6 is 11.3 Å². The van der Waals surface area contributed by atoms with E-state index >= 15 is 0 Å². The largest absolute Gasteiger partial charge is 0.312 e. The second-order valence-corrected chi connectivity index (χ2v) is 6.39. The fraction of sp³-hybridized carbons (Fsp3) is 0.375. The van der Waals surface area contributed by atoms with Gasteiger partial charge >= 0.3 is 0 Å². The summed E-state index contributed by atoms with van der Waals surface area (Å²) < 4.78 is 0. The number of hydrogen-bond acceptors (Lipinski definition) is 4. The van der Waals surface area contributed by atoms with Gasteiger partial charge in [-0.05, 0) is 33.4 Å². The van der Waals surface area contributed by atoms with E-state index in [0.717, 1.165) is 11.3 Å². The molecule has 0 aliphatic carbocycles. The molecule has 0 aliphatic rings. The summed E-state index contributed by atoms with van der Waals surface area (Å²) in [6.45, 7) is 5.87. The van der Waals surface area contributed by atoms with Crippen LogP contribution in [0, 0.1) is 0 Å². The Bertz CT molecular complexity index is 607. The molecule has 4 nitrogen and oxygen atoms in total. The molecule has 0 radical (unpaired) electrons. The molecule has 0 aliphatic heterocycles. The first-order valence-corrected chi connectivity index (χ1v) is 7.82. The van der Waals surface area contributed by atoms with Crippen LogP contribution in [0.1, 0.15) is 38.1 Å². The first-order chi connectivity index (χ1) is 9.95. The number of anilines is 1. The fourth-order valence-corrected chi connectivity index (χ4v) is 2.73. The van der Waals surface area contributed by atoms with Crippen LogP contribution in [-0.4, -0.2) is 17.9 Å². The summed E-state index contributed by atoms with van der Waals surface area (Å²) >= 11 is 1.45. The van der Waals surface area contributed by atoms with E-state index in [1.165, 1.54) is 11.3 Å². The Morgan fingerprint density at radius 1 is 1.29 bits per heavy atom. The van der Waals surface area contributed by atoms with Crippen molar-refractivity contribution in [2.45, 2.75) is 32.2 Å². The van der Waals surface area contributed by atoms with Crippen molar-refractivity contribution in [3.05, 3.63) is 47.0 Å². The standard InChI is InChI=1S/C16H21N3OS/c1-11(17-4)13-10-21-15(18-13)19-14(20)16(2,3)12-8-6-5-7-9-12/h5-11,17H,1-4H3,(H,18,19,20). The molecule has 0 saturated heterocycles. The molecule has 2 N–H and O–H groups in total. The van der Waals surface area contributed by atoms with Crippen molar-refractivity contribution >= 4 is 22.4 Å². The molecule has 112 valence electrons. The van der Waals surface area contributed by atoms with Gasteiger partial charge in [0.25, 0.3) is 0 Å². The van der Waals surface area contributed by atoms with Crippen molar-refractivity contribution < 1.29 is 4.79 Å². The van der Waals surface area contributed by atoms with E-state index in [9.17, 15) is 4.79 Å². The SMILES string of the molecule is CNC(C)c1csc(NC(=O)C(C)(C)c2ccccc2)n1. The Labute approximate surface area is 129 Å². The normalized spacial score (nSPS) is 13.0. The maximum atomic E-state index is 12.5. The van der Waals surface area contributed by atoms with Crippen molar-refractivity contribution in [2.75, 3.05) is 12.4 Å². The Morgan fingerprint density at radius 2 is 1.95 bits per heavy atom. The average molecular weight is 303 g/mol. The van der Waals surface area contributed by atoms with Crippen LogP contribution in [0.25, 0.3) is 0 Å². The second kappa shape index (κ2) is 6.37. The molecule has 1 aromatic carbocycles. The van der Waals surface area contributed by atoms with Gasteiger partial charge in [-0.1, -0.05) is 30.3 Å². The molecule has 0 bridgehead atoms. The molecular formula is C16H21N3OS. The predicted molar refractivity (Wildman–Crippen MR) is 87.7 cm³/mol. The number of thiazole rings is 1. The fourth-order valence-electron chi connectivity index (χ4n) is 1.93. The highest BCUT2D eigenvalue weighted by Crippen LogP contribution is 2.26. The number of nitrogens with zero attached hydrogens (tertiary/aromatic N) is 1. The third-order valence-corrected chi connectivity index (χ3v) is 4.46. The molecule has 0 spiro atoms. The number of carbonyl (C=O) groups is 1. The number of nitrogens with one attached hydrogen (secondary N) is 2. The van der Waals surface area contributed by atoms with Gasteiger partial charge in [-0.25, -0.2) is 4.98 Å². The van der Waals surface area contributed by atoms with Gasteiger partial charge in [-0.2, -0.15) is 0 Å². The molecule has 1 atom stereocenters. The van der Waals surface area contributed by atoms with E-state index in [1.54, 1.807) is 0 Å². The molecule has 2 rings (SSSR count). The van der Waals surface area contributed by atoms with E-state index < -0.39 is 5.41 Å². The highest BCUT2D eigenvalue weighted by molar-refractivity contribution is 7.13. The van der Waals surface area contributed by atoms with E-state index in [2.05, 4.69) is 15.6 Å². The lowest BCUT2D eigenvalue weighted by Crippen LogP contribution is -2.34. The molecule has 0 fully saturated rings.